The van der Waals surface area contributed by atoms with Crippen LogP contribution in [0.5, 0.6) is 0 Å². The maximum atomic E-state index is 12.9. The number of carbonyl (C=O) groups is 1. The Bertz CT molecular complexity index is 899. The van der Waals surface area contributed by atoms with Gasteiger partial charge in [0.2, 0.25) is 5.91 Å². The smallest absolute Gasteiger partial charge is 0.220 e. The third-order valence-electron chi connectivity index (χ3n) is 10.8. The van der Waals surface area contributed by atoms with Crippen molar-refractivity contribution in [3.63, 3.8) is 0 Å². The Balaban J connectivity index is 2.33. The van der Waals surface area contributed by atoms with Gasteiger partial charge in [-0.05, 0) is 38.5 Å². The molecule has 6 N–H and O–H groups in total. The fourth-order valence-corrected chi connectivity index (χ4v) is 7.14. The van der Waals surface area contributed by atoms with Crippen molar-refractivity contribution in [3.05, 3.63) is 24.3 Å². The number of allylic oxidation sites excluding steroid dienone is 4. The molecule has 318 valence electrons. The van der Waals surface area contributed by atoms with E-state index in [0.29, 0.717) is 12.8 Å². The fourth-order valence-electron chi connectivity index (χ4n) is 7.14. The highest BCUT2D eigenvalue weighted by molar-refractivity contribution is 5.76. The van der Waals surface area contributed by atoms with Gasteiger partial charge in [0.15, 0.2) is 6.29 Å². The first-order valence-electron chi connectivity index (χ1n) is 22.5. The van der Waals surface area contributed by atoms with Crippen LogP contribution in [0.3, 0.4) is 0 Å². The summed E-state index contributed by atoms with van der Waals surface area (Å²) in [6.07, 6.45) is 34.7. The highest BCUT2D eigenvalue weighted by Gasteiger charge is 2.44. The van der Waals surface area contributed by atoms with Gasteiger partial charge in [-0.3, -0.25) is 4.79 Å². The van der Waals surface area contributed by atoms with Gasteiger partial charge >= 0.3 is 0 Å². The van der Waals surface area contributed by atoms with Crippen molar-refractivity contribution in [1.82, 2.24) is 5.32 Å². The summed E-state index contributed by atoms with van der Waals surface area (Å²) >= 11 is 0. The summed E-state index contributed by atoms with van der Waals surface area (Å²) in [4.78, 5) is 12.9. The van der Waals surface area contributed by atoms with Crippen molar-refractivity contribution in [2.24, 2.45) is 0 Å². The standard InChI is InChI=1S/C45H85NO8/c1-3-5-7-9-11-13-15-17-18-19-20-21-23-24-26-28-30-32-34-39(48)38(37-53-45-44(52)43(51)42(50)40(36-47)54-45)46-41(49)35-33-31-29-27-25-22-16-14-12-10-8-6-4-2/h8,10,14,16,38-40,42-45,47-48,50-52H,3-7,9,11-13,15,17-37H2,1-2H3,(H,46,49)/b10-8-,16-14-. The number of hydrogen-bond donors (Lipinski definition) is 6. The molecule has 54 heavy (non-hydrogen) atoms. The van der Waals surface area contributed by atoms with Crippen molar-refractivity contribution in [2.45, 2.75) is 243 Å². The van der Waals surface area contributed by atoms with Crippen LogP contribution in [0, 0.1) is 0 Å². The molecule has 0 aliphatic carbocycles. The Morgan fingerprint density at radius 2 is 1.13 bits per heavy atom. The van der Waals surface area contributed by atoms with E-state index in [1.165, 1.54) is 103 Å². The number of amides is 1. The lowest BCUT2D eigenvalue weighted by Gasteiger charge is -2.40. The van der Waals surface area contributed by atoms with E-state index >= 15 is 0 Å². The van der Waals surface area contributed by atoms with Crippen molar-refractivity contribution < 1.29 is 39.8 Å². The summed E-state index contributed by atoms with van der Waals surface area (Å²) < 4.78 is 11.2. The minimum absolute atomic E-state index is 0.142. The number of unbranched alkanes of at least 4 members (excludes halogenated alkanes) is 23. The third kappa shape index (κ3) is 26.5. The molecule has 1 aliphatic rings. The van der Waals surface area contributed by atoms with E-state index in [0.717, 1.165) is 70.6 Å². The summed E-state index contributed by atoms with van der Waals surface area (Å²) in [5.74, 6) is -0.159. The van der Waals surface area contributed by atoms with Gasteiger partial charge in [-0.15, -0.1) is 0 Å². The molecule has 1 fully saturated rings. The maximum Gasteiger partial charge on any atom is 0.220 e. The van der Waals surface area contributed by atoms with Crippen LogP contribution in [0.1, 0.15) is 200 Å². The van der Waals surface area contributed by atoms with Gasteiger partial charge in [0.05, 0.1) is 25.4 Å². The Morgan fingerprint density at radius 3 is 1.67 bits per heavy atom. The van der Waals surface area contributed by atoms with Crippen LogP contribution in [0.25, 0.3) is 0 Å². The molecule has 0 saturated carbocycles. The van der Waals surface area contributed by atoms with Gasteiger partial charge in [0.1, 0.15) is 24.4 Å². The lowest BCUT2D eigenvalue weighted by atomic mass is 9.99. The molecule has 0 aromatic heterocycles. The van der Waals surface area contributed by atoms with Crippen molar-refractivity contribution in [1.29, 1.82) is 0 Å². The maximum absolute atomic E-state index is 12.9. The molecule has 0 radical (unpaired) electrons. The van der Waals surface area contributed by atoms with Gasteiger partial charge in [-0.2, -0.15) is 0 Å². The summed E-state index contributed by atoms with van der Waals surface area (Å²) in [5, 5.41) is 54.3. The number of aliphatic hydroxyl groups is 5. The quantitative estimate of drug-likeness (QED) is 0.0271. The molecule has 1 amide bonds. The van der Waals surface area contributed by atoms with Crippen molar-refractivity contribution in [2.75, 3.05) is 13.2 Å². The van der Waals surface area contributed by atoms with Crippen LogP contribution in [-0.2, 0) is 14.3 Å². The predicted octanol–water partition coefficient (Wildman–Crippen LogP) is 9.11. The lowest BCUT2D eigenvalue weighted by molar-refractivity contribution is -0.302. The number of rotatable bonds is 37. The van der Waals surface area contributed by atoms with E-state index in [1.807, 2.05) is 0 Å². The number of nitrogens with one attached hydrogen (secondary N) is 1. The molecule has 9 nitrogen and oxygen atoms in total. The SMILES string of the molecule is CCC/C=C\C/C=C\CCCCCCCC(=O)NC(COC1OC(CO)C(O)C(O)C1O)C(O)CCCCCCCCCCCCCCCCCCCC. The van der Waals surface area contributed by atoms with E-state index in [2.05, 4.69) is 43.5 Å². The fraction of sp³-hybridized carbons (Fsp3) is 0.889. The minimum atomic E-state index is -1.55. The van der Waals surface area contributed by atoms with E-state index in [9.17, 15) is 30.3 Å². The molecule has 1 saturated heterocycles. The highest BCUT2D eigenvalue weighted by atomic mass is 16.7. The monoisotopic (exact) mass is 768 g/mol. The molecule has 0 spiro atoms. The Kier molecular flexibility index (Phi) is 33.8. The summed E-state index contributed by atoms with van der Waals surface area (Å²) in [7, 11) is 0. The van der Waals surface area contributed by atoms with Gasteiger partial charge < -0.3 is 40.3 Å². The van der Waals surface area contributed by atoms with Gasteiger partial charge in [0.25, 0.3) is 0 Å². The molecule has 7 atom stereocenters. The number of hydrogen-bond acceptors (Lipinski definition) is 8. The van der Waals surface area contributed by atoms with Crippen LogP contribution >= 0.6 is 0 Å². The Labute approximate surface area is 330 Å². The zero-order valence-electron chi connectivity index (χ0n) is 34.7. The number of ether oxygens (including phenoxy) is 2. The van der Waals surface area contributed by atoms with Crippen molar-refractivity contribution >= 4 is 5.91 Å². The van der Waals surface area contributed by atoms with Gasteiger partial charge in [-0.25, -0.2) is 0 Å². The third-order valence-corrected chi connectivity index (χ3v) is 10.8. The molecule has 0 aromatic carbocycles. The van der Waals surface area contributed by atoms with Crippen LogP contribution in [0.15, 0.2) is 24.3 Å². The first kappa shape index (κ1) is 50.7. The molecule has 1 rings (SSSR count). The van der Waals surface area contributed by atoms with Crippen LogP contribution in [0.4, 0.5) is 0 Å². The molecule has 1 heterocycles. The molecular formula is C45H85NO8. The molecule has 0 bridgehead atoms. The zero-order valence-corrected chi connectivity index (χ0v) is 34.7. The summed E-state index contributed by atoms with van der Waals surface area (Å²) in [6.45, 7) is 3.76. The predicted molar refractivity (Wildman–Crippen MR) is 221 cm³/mol. The van der Waals surface area contributed by atoms with Gasteiger partial charge in [0, 0.05) is 6.42 Å². The molecule has 7 unspecified atom stereocenters. The highest BCUT2D eigenvalue weighted by Crippen LogP contribution is 2.23. The summed E-state index contributed by atoms with van der Waals surface area (Å²) in [6, 6.07) is -0.723. The second-order valence-corrected chi connectivity index (χ2v) is 15.8. The van der Waals surface area contributed by atoms with Gasteiger partial charge in [-0.1, -0.05) is 179 Å². The molecule has 0 aromatic rings. The lowest BCUT2D eigenvalue weighted by Crippen LogP contribution is -2.60. The molecular weight excluding hydrogens is 682 g/mol. The van der Waals surface area contributed by atoms with Crippen LogP contribution in [0.2, 0.25) is 0 Å². The topological polar surface area (TPSA) is 149 Å². The molecule has 1 aliphatic heterocycles. The largest absolute Gasteiger partial charge is 0.394 e. The van der Waals surface area contributed by atoms with E-state index in [-0.39, 0.29) is 12.5 Å². The Hall–Kier alpha value is -1.33. The Morgan fingerprint density at radius 1 is 0.630 bits per heavy atom. The average molecular weight is 768 g/mol. The van der Waals surface area contributed by atoms with E-state index < -0.39 is 49.5 Å². The summed E-state index contributed by atoms with van der Waals surface area (Å²) in [5.41, 5.74) is 0. The van der Waals surface area contributed by atoms with Crippen LogP contribution in [-0.4, -0.2) is 87.5 Å². The zero-order chi connectivity index (χ0) is 39.5. The first-order valence-corrected chi connectivity index (χ1v) is 22.5. The normalized spacial score (nSPS) is 21.6. The van der Waals surface area contributed by atoms with E-state index in [1.54, 1.807) is 0 Å². The number of aliphatic hydroxyl groups excluding tert-OH is 5. The second kappa shape index (κ2) is 36.0. The molecule has 9 heteroatoms. The first-order chi connectivity index (χ1) is 26.3. The average Bonchev–Trinajstić information content (AvgIpc) is 3.17. The number of carbonyl (C=O) groups excluding carboxylic acids is 1. The second-order valence-electron chi connectivity index (χ2n) is 15.8. The minimum Gasteiger partial charge on any atom is -0.394 e. The van der Waals surface area contributed by atoms with Crippen LogP contribution < -0.4 is 5.32 Å². The van der Waals surface area contributed by atoms with E-state index in [4.69, 9.17) is 9.47 Å². The van der Waals surface area contributed by atoms with Crippen molar-refractivity contribution in [3.8, 4) is 0 Å².